The fourth-order valence-electron chi connectivity index (χ4n) is 14.8. The molecule has 7 N–H and O–H groups in total. The fourth-order valence-corrected chi connectivity index (χ4v) is 14.8. The molecule has 1 fully saturated rings. The summed E-state index contributed by atoms with van der Waals surface area (Å²) in [5.74, 6) is 6.23. The van der Waals surface area contributed by atoms with Gasteiger partial charge in [-0.05, 0) is 269 Å². The predicted molar refractivity (Wildman–Crippen MR) is 544 cm³/mol. The van der Waals surface area contributed by atoms with Gasteiger partial charge in [-0.3, -0.25) is 31.9 Å². The summed E-state index contributed by atoms with van der Waals surface area (Å²) in [5, 5.41) is 25.9. The number of ether oxygens (including phenoxy) is 13. The number of amides is 6. The lowest BCUT2D eigenvalue weighted by atomic mass is 10.0. The summed E-state index contributed by atoms with van der Waals surface area (Å²) in [6.45, 7) is 34.9. The van der Waals surface area contributed by atoms with Crippen LogP contribution in [0.15, 0.2) is 218 Å². The predicted octanol–water partition coefficient (Wildman–Crippen LogP) is 26.3. The van der Waals surface area contributed by atoms with Crippen molar-refractivity contribution < 1.29 is 95.5 Å². The number of methoxy groups -OCH3 is 6. The molecule has 0 spiro atoms. The minimum atomic E-state index is -0.562. The number of anilines is 6. The quantitative estimate of drug-likeness (QED) is 0.0214. The number of nitrogens with one attached hydrogen (secondary N) is 6. The summed E-state index contributed by atoms with van der Waals surface area (Å²) in [7, 11) is 8.04. The molecule has 1 aliphatic carbocycles. The van der Waals surface area contributed by atoms with Crippen molar-refractivity contribution >= 4 is 70.7 Å². The highest BCUT2D eigenvalue weighted by Crippen LogP contribution is 2.44. The van der Waals surface area contributed by atoms with Crippen LogP contribution in [0.3, 0.4) is 0 Å². The zero-order valence-electron chi connectivity index (χ0n) is 83.3. The van der Waals surface area contributed by atoms with Crippen molar-refractivity contribution in [2.45, 2.75) is 182 Å². The van der Waals surface area contributed by atoms with Crippen LogP contribution in [0.5, 0.6) is 40.2 Å². The van der Waals surface area contributed by atoms with Gasteiger partial charge in [0.25, 0.3) is 0 Å². The number of carbonyl (C=O) groups excluding carboxylic acids is 6. The Balaban J connectivity index is 0.000000203. The van der Waals surface area contributed by atoms with Crippen LogP contribution >= 0.6 is 0 Å². The molecular weight excluding hydrogens is 1750 g/mol. The second-order valence-corrected chi connectivity index (χ2v) is 33.0. The standard InChI is InChI=1S/C20H23NO3.C19H23NO4.C19H23NO3.C18H21NO4.2C18H21NO3/c1-13-7-10-19(14(2)11-13)24-12-17-16(15-8-9-15)5-4-6-18(17)21-20(22)23-3;1-5-23-18-8-6-7-16(20-19(21)22-4)15(18)12-24-17-10-9-13(2)11-14(17)3;1-5-15-7-6-8-17(20-19(21)22-4)16(15)12-23-18-10-9-13(2)11-14(18)3;1-12-7-8-17(13(2)9-12)23-11-15-14(10-20)5-4-6-16(15)19-18(21)22-3;2*1-12-8-9-17(14(3)10-12)22-11-15-13(2)6-5-7-16(15)19-18(20)21-4/h4-7,10-11,15H,8-9,12H2,1-3H3,(H,21,22);6-11H,5,12H2,1-4H3,(H,20,21);6-11H,5,12H2,1-4H3,(H,20,21);4-9,20H,10-11H2,1-3H3,(H,19,21);2*5-10H,11H2,1-4H3,(H,19,20). The fraction of sp³-hybridized carbons (Fsp3) is 0.304. The zero-order valence-corrected chi connectivity index (χ0v) is 83.3. The number of hydrogen-bond acceptors (Lipinski definition) is 20. The van der Waals surface area contributed by atoms with Crippen LogP contribution < -0.4 is 65.1 Å². The zero-order chi connectivity index (χ0) is 100. The van der Waals surface area contributed by atoms with Crippen LogP contribution in [0.25, 0.3) is 0 Å². The van der Waals surface area contributed by atoms with Gasteiger partial charge in [-0.15, -0.1) is 0 Å². The van der Waals surface area contributed by atoms with Gasteiger partial charge in [-0.1, -0.05) is 180 Å². The first-order valence-electron chi connectivity index (χ1n) is 45.4. The van der Waals surface area contributed by atoms with E-state index in [1.165, 1.54) is 94.4 Å². The molecule has 0 unspecified atom stereocenters. The lowest BCUT2D eigenvalue weighted by Gasteiger charge is -2.17. The van der Waals surface area contributed by atoms with E-state index < -0.39 is 36.6 Å². The topological polar surface area (TPSA) is 315 Å². The summed E-state index contributed by atoms with van der Waals surface area (Å²) in [6.07, 6.45) is 0.237. The highest BCUT2D eigenvalue weighted by molar-refractivity contribution is 5.89. The average molecular weight is 1880 g/mol. The Hall–Kier alpha value is -15.2. The molecule has 12 aromatic rings. The van der Waals surface area contributed by atoms with Gasteiger partial charge in [0.2, 0.25) is 0 Å². The first kappa shape index (κ1) is 108. The van der Waals surface area contributed by atoms with Crippen LogP contribution in [0.1, 0.15) is 161 Å². The van der Waals surface area contributed by atoms with Gasteiger partial charge in [0.15, 0.2) is 0 Å². The lowest BCUT2D eigenvalue weighted by molar-refractivity contribution is 0.186. The van der Waals surface area contributed by atoms with Crippen molar-refractivity contribution in [3.8, 4) is 40.2 Å². The molecule has 1 aliphatic rings. The third kappa shape index (κ3) is 33.7. The summed E-state index contributed by atoms with van der Waals surface area (Å²) in [5.41, 5.74) is 28.3. The molecule has 6 amide bonds. The van der Waals surface area contributed by atoms with Crippen LogP contribution in [-0.4, -0.2) is 90.9 Å². The monoisotopic (exact) mass is 1880 g/mol. The van der Waals surface area contributed by atoms with Crippen molar-refractivity contribution in [2.24, 2.45) is 0 Å². The number of aliphatic hydroxyl groups is 1. The second kappa shape index (κ2) is 55.0. The van der Waals surface area contributed by atoms with Crippen molar-refractivity contribution in [3.63, 3.8) is 0 Å². The molecular formula is C112H132N6O20. The molecule has 0 aromatic heterocycles. The van der Waals surface area contributed by atoms with Gasteiger partial charge >= 0.3 is 36.6 Å². The highest BCUT2D eigenvalue weighted by Gasteiger charge is 2.28. The van der Waals surface area contributed by atoms with Gasteiger partial charge in [0, 0.05) is 27.8 Å². The Morgan fingerprint density at radius 1 is 0.261 bits per heavy atom. The van der Waals surface area contributed by atoms with Crippen molar-refractivity contribution in [3.05, 3.63) is 346 Å². The molecule has 138 heavy (non-hydrogen) atoms. The van der Waals surface area contributed by atoms with Crippen LogP contribution in [0.2, 0.25) is 0 Å². The second-order valence-electron chi connectivity index (χ2n) is 33.0. The van der Waals surface area contributed by atoms with E-state index in [2.05, 4.69) is 127 Å². The SMILES string of the molecule is CCOc1cccc(NC(=O)OC)c1COc1ccc(C)cc1C.CCc1cccc(NC(=O)OC)c1COc1ccc(C)cc1C.COC(=O)Nc1cccc(C)c1COc1ccc(C)cc1C.COC(=O)Nc1cccc(C)c1COc1ccc(C)cc1C.COC(=O)Nc1cccc(C2CC2)c1COc1ccc(C)cc1C.COC(=O)Nc1cccc(CO)c1COc1ccc(C)cc1C. The Kier molecular flexibility index (Phi) is 43.1. The Bertz CT molecular complexity index is 5870. The largest absolute Gasteiger partial charge is 0.493 e. The molecule has 1 saturated carbocycles. The Morgan fingerprint density at radius 3 is 0.775 bits per heavy atom. The van der Waals surface area contributed by atoms with Crippen LogP contribution in [-0.2, 0) is 81.1 Å². The van der Waals surface area contributed by atoms with Crippen molar-refractivity contribution in [1.29, 1.82) is 0 Å². The minimum absolute atomic E-state index is 0.137. The molecule has 0 heterocycles. The molecule has 0 atom stereocenters. The summed E-state index contributed by atoms with van der Waals surface area (Å²) in [6, 6.07) is 70.4. The number of rotatable bonds is 29. The molecule has 13 rings (SSSR count). The minimum Gasteiger partial charge on any atom is -0.493 e. The maximum absolute atomic E-state index is 11.6. The third-order valence-corrected chi connectivity index (χ3v) is 22.3. The van der Waals surface area contributed by atoms with E-state index in [1.807, 2.05) is 234 Å². The number of benzene rings is 12. The molecule has 0 saturated heterocycles. The maximum atomic E-state index is 11.6. The van der Waals surface area contributed by atoms with E-state index in [4.69, 9.17) is 37.9 Å². The van der Waals surface area contributed by atoms with Gasteiger partial charge in [0.1, 0.15) is 79.9 Å². The molecule has 0 aliphatic heterocycles. The van der Waals surface area contributed by atoms with Crippen molar-refractivity contribution in [2.75, 3.05) is 81.2 Å². The van der Waals surface area contributed by atoms with E-state index in [0.29, 0.717) is 73.0 Å². The molecule has 12 aromatic carbocycles. The van der Waals surface area contributed by atoms with Gasteiger partial charge < -0.3 is 66.7 Å². The van der Waals surface area contributed by atoms with Crippen molar-refractivity contribution in [1.82, 2.24) is 0 Å². The number of hydrogen-bond donors (Lipinski definition) is 7. The van der Waals surface area contributed by atoms with Crippen LogP contribution in [0, 0.1) is 96.9 Å². The van der Waals surface area contributed by atoms with Gasteiger partial charge in [-0.2, -0.15) is 0 Å². The van der Waals surface area contributed by atoms with Gasteiger partial charge in [0.05, 0.1) is 95.6 Å². The van der Waals surface area contributed by atoms with Gasteiger partial charge in [-0.25, -0.2) is 28.8 Å². The number of carbonyl (C=O) groups is 6. The average Bonchev–Trinajstić information content (AvgIpc) is 1.67. The van der Waals surface area contributed by atoms with E-state index in [1.54, 1.807) is 24.3 Å². The molecule has 0 radical (unpaired) electrons. The Labute approximate surface area is 811 Å². The molecule has 26 nitrogen and oxygen atoms in total. The smallest absolute Gasteiger partial charge is 0.411 e. The number of aliphatic hydroxyl groups excluding tert-OH is 1. The Morgan fingerprint density at radius 2 is 0.500 bits per heavy atom. The lowest BCUT2D eigenvalue weighted by Crippen LogP contribution is -2.14. The van der Waals surface area contributed by atoms with Crippen LogP contribution in [0.4, 0.5) is 62.9 Å². The number of aryl methyl sites for hydroxylation is 15. The van der Waals surface area contributed by atoms with E-state index in [9.17, 15) is 33.9 Å². The van der Waals surface area contributed by atoms with E-state index in [0.717, 1.165) is 136 Å². The molecule has 26 heteroatoms. The van der Waals surface area contributed by atoms with E-state index in [-0.39, 0.29) is 19.8 Å². The first-order valence-corrected chi connectivity index (χ1v) is 45.4. The summed E-state index contributed by atoms with van der Waals surface area (Å²) >= 11 is 0. The van der Waals surface area contributed by atoms with E-state index >= 15 is 0 Å². The normalized spacial score (nSPS) is 10.8. The first-order chi connectivity index (χ1) is 66.2. The summed E-state index contributed by atoms with van der Waals surface area (Å²) in [4.78, 5) is 69.0. The molecule has 0 bridgehead atoms. The highest BCUT2D eigenvalue weighted by atomic mass is 16.6. The maximum Gasteiger partial charge on any atom is 0.411 e. The summed E-state index contributed by atoms with van der Waals surface area (Å²) < 4.78 is 69.4. The third-order valence-electron chi connectivity index (χ3n) is 22.3. The molecule has 730 valence electrons.